The molecule has 1 atom stereocenters. The molecule has 1 fully saturated rings. The van der Waals surface area contributed by atoms with Crippen LogP contribution in [-0.4, -0.2) is 52.0 Å². The first-order chi connectivity index (χ1) is 16.8. The van der Waals surface area contributed by atoms with E-state index in [0.29, 0.717) is 18.2 Å². The third-order valence-corrected chi connectivity index (χ3v) is 6.25. The molecule has 0 bridgehead atoms. The summed E-state index contributed by atoms with van der Waals surface area (Å²) in [6, 6.07) is 2.58. The lowest BCUT2D eigenvalue weighted by Crippen LogP contribution is -2.44. The molecule has 3 heterocycles. The molecule has 11 heteroatoms. The number of nitrogens with zero attached hydrogens (tertiary/aromatic N) is 5. The van der Waals surface area contributed by atoms with Gasteiger partial charge in [0.1, 0.15) is 5.82 Å². The maximum absolute atomic E-state index is 14.8. The van der Waals surface area contributed by atoms with Crippen molar-refractivity contribution in [3.63, 3.8) is 0 Å². The molecule has 3 aromatic rings. The van der Waals surface area contributed by atoms with Gasteiger partial charge in [-0.1, -0.05) is 5.92 Å². The largest absolute Gasteiger partial charge is 0.493 e. The molecule has 1 aliphatic heterocycles. The van der Waals surface area contributed by atoms with Crippen LogP contribution in [0.4, 0.5) is 10.3 Å². The Morgan fingerprint density at radius 3 is 2.57 bits per heavy atom. The zero-order chi connectivity index (χ0) is 25.3. The number of fused-ring (bicyclic) bond motifs is 1. The lowest BCUT2D eigenvalue weighted by Gasteiger charge is -2.31. The van der Waals surface area contributed by atoms with Gasteiger partial charge in [0.05, 0.1) is 27.3 Å². The fraction of sp³-hybridized carbons (Fsp3) is 0.458. The quantitative estimate of drug-likeness (QED) is 0.521. The van der Waals surface area contributed by atoms with Crippen LogP contribution in [0.15, 0.2) is 21.7 Å². The fourth-order valence-corrected chi connectivity index (χ4v) is 4.43. The van der Waals surface area contributed by atoms with Crippen LogP contribution in [-0.2, 0) is 20.1 Å². The van der Waals surface area contributed by atoms with Crippen molar-refractivity contribution < 1.29 is 13.9 Å². The van der Waals surface area contributed by atoms with Crippen molar-refractivity contribution in [2.24, 2.45) is 12.8 Å². The minimum atomic E-state index is -0.620. The average Bonchev–Trinajstić information content (AvgIpc) is 3.24. The average molecular weight is 485 g/mol. The van der Waals surface area contributed by atoms with Crippen molar-refractivity contribution in [1.29, 1.82) is 0 Å². The number of imidazole rings is 1. The smallest absolute Gasteiger partial charge is 0.332 e. The number of anilines is 1. The van der Waals surface area contributed by atoms with Crippen molar-refractivity contribution in [1.82, 2.24) is 18.7 Å². The first-order valence-corrected chi connectivity index (χ1v) is 11.3. The lowest BCUT2D eigenvalue weighted by atomic mass is 10.1. The second-order valence-electron chi connectivity index (χ2n) is 8.48. The van der Waals surface area contributed by atoms with Crippen LogP contribution in [0.3, 0.4) is 0 Å². The number of ether oxygens (including phenoxy) is 2. The van der Waals surface area contributed by atoms with E-state index >= 15 is 0 Å². The van der Waals surface area contributed by atoms with Gasteiger partial charge in [0.15, 0.2) is 22.7 Å². The molecule has 0 radical (unpaired) electrons. The topological polar surface area (TPSA) is 110 Å². The summed E-state index contributed by atoms with van der Waals surface area (Å²) in [6.45, 7) is 2.95. The summed E-state index contributed by atoms with van der Waals surface area (Å²) < 4.78 is 29.2. The highest BCUT2D eigenvalue weighted by molar-refractivity contribution is 5.75. The van der Waals surface area contributed by atoms with Crippen molar-refractivity contribution in [2.45, 2.75) is 38.9 Å². The van der Waals surface area contributed by atoms with Gasteiger partial charge in [0.2, 0.25) is 5.95 Å². The van der Waals surface area contributed by atoms with E-state index in [-0.39, 0.29) is 41.6 Å². The number of aryl methyl sites for hydroxylation is 1. The number of halogens is 1. The minimum absolute atomic E-state index is 0.0113. The summed E-state index contributed by atoms with van der Waals surface area (Å²) in [5.74, 6) is 6.26. The highest BCUT2D eigenvalue weighted by Crippen LogP contribution is 2.30. The van der Waals surface area contributed by atoms with Gasteiger partial charge in [-0.3, -0.25) is 18.5 Å². The van der Waals surface area contributed by atoms with Crippen LogP contribution < -0.4 is 31.4 Å². The molecular weight excluding hydrogens is 455 g/mol. The van der Waals surface area contributed by atoms with E-state index in [9.17, 15) is 14.0 Å². The van der Waals surface area contributed by atoms with Crippen LogP contribution in [0.1, 0.15) is 25.3 Å². The molecule has 0 spiro atoms. The van der Waals surface area contributed by atoms with Crippen LogP contribution in [0, 0.1) is 17.7 Å². The van der Waals surface area contributed by atoms with E-state index in [1.807, 2.05) is 4.90 Å². The molecule has 1 aliphatic rings. The van der Waals surface area contributed by atoms with Gasteiger partial charge < -0.3 is 20.1 Å². The number of nitrogens with two attached hydrogens (primary N) is 1. The van der Waals surface area contributed by atoms with Gasteiger partial charge >= 0.3 is 5.69 Å². The van der Waals surface area contributed by atoms with E-state index in [2.05, 4.69) is 16.8 Å². The molecule has 0 saturated carbocycles. The van der Waals surface area contributed by atoms with E-state index in [1.165, 1.54) is 30.9 Å². The zero-order valence-electron chi connectivity index (χ0n) is 20.3. The molecule has 35 heavy (non-hydrogen) atoms. The summed E-state index contributed by atoms with van der Waals surface area (Å²) in [5, 5.41) is 0. The van der Waals surface area contributed by atoms with Crippen molar-refractivity contribution in [3.05, 3.63) is 44.4 Å². The predicted molar refractivity (Wildman–Crippen MR) is 131 cm³/mol. The predicted octanol–water partition coefficient (Wildman–Crippen LogP) is 1.05. The Morgan fingerprint density at radius 1 is 1.20 bits per heavy atom. The van der Waals surface area contributed by atoms with Crippen molar-refractivity contribution in [2.75, 3.05) is 32.2 Å². The van der Waals surface area contributed by atoms with Crippen LogP contribution in [0.2, 0.25) is 0 Å². The standard InChI is InChI=1S/C24H29FN6O4/c1-5-6-10-30-20-21(27-23(30)29-9-7-8-16(26)14-29)28(2)24(33)31(22(20)32)13-15-11-18(34-3)19(35-4)12-17(15)25/h11-12,16H,7-10,13-14,26H2,1-4H3. The number of aromatic nitrogens is 4. The van der Waals surface area contributed by atoms with Crippen LogP contribution in [0.5, 0.6) is 11.5 Å². The van der Waals surface area contributed by atoms with Gasteiger partial charge in [-0.15, -0.1) is 5.92 Å². The zero-order valence-corrected chi connectivity index (χ0v) is 20.3. The monoisotopic (exact) mass is 484 g/mol. The number of piperidine rings is 1. The Labute approximate surface area is 201 Å². The molecule has 2 N–H and O–H groups in total. The van der Waals surface area contributed by atoms with Gasteiger partial charge in [-0.25, -0.2) is 9.18 Å². The molecule has 0 aliphatic carbocycles. The Balaban J connectivity index is 1.91. The van der Waals surface area contributed by atoms with Crippen molar-refractivity contribution >= 4 is 17.1 Å². The number of rotatable bonds is 6. The normalized spacial score (nSPS) is 15.7. The van der Waals surface area contributed by atoms with Crippen LogP contribution >= 0.6 is 0 Å². The first kappa shape index (κ1) is 24.3. The molecule has 1 unspecified atom stereocenters. The Hall–Kier alpha value is -3.78. The van der Waals surface area contributed by atoms with Gasteiger partial charge in [0, 0.05) is 37.8 Å². The summed E-state index contributed by atoms with van der Waals surface area (Å²) in [6.07, 6.45) is 1.80. The molecule has 1 aromatic carbocycles. The minimum Gasteiger partial charge on any atom is -0.493 e. The molecule has 186 valence electrons. The van der Waals surface area contributed by atoms with Gasteiger partial charge in [-0.05, 0) is 25.8 Å². The third-order valence-electron chi connectivity index (χ3n) is 6.25. The lowest BCUT2D eigenvalue weighted by molar-refractivity contribution is 0.351. The molecular formula is C24H29FN6O4. The second kappa shape index (κ2) is 9.84. The summed E-state index contributed by atoms with van der Waals surface area (Å²) >= 11 is 0. The van der Waals surface area contributed by atoms with Gasteiger partial charge in [-0.2, -0.15) is 4.98 Å². The first-order valence-electron chi connectivity index (χ1n) is 11.3. The molecule has 2 aromatic heterocycles. The number of hydrogen-bond acceptors (Lipinski definition) is 7. The SMILES string of the molecule is CC#CCn1c(N2CCCC(N)C2)nc2c1c(=O)n(Cc1cc(OC)c(OC)cc1F)c(=O)n2C. The van der Waals surface area contributed by atoms with E-state index in [1.54, 1.807) is 18.5 Å². The number of benzene rings is 1. The Bertz CT molecular complexity index is 1440. The molecule has 0 amide bonds. The third kappa shape index (κ3) is 4.37. The fourth-order valence-electron chi connectivity index (χ4n) is 4.43. The second-order valence-corrected chi connectivity index (χ2v) is 8.48. The van der Waals surface area contributed by atoms with Crippen molar-refractivity contribution in [3.8, 4) is 23.3 Å². The summed E-state index contributed by atoms with van der Waals surface area (Å²) in [4.78, 5) is 33.5. The molecule has 1 saturated heterocycles. The highest BCUT2D eigenvalue weighted by Gasteiger charge is 2.26. The van der Waals surface area contributed by atoms with Crippen LogP contribution in [0.25, 0.3) is 11.2 Å². The molecule has 4 rings (SSSR count). The highest BCUT2D eigenvalue weighted by atomic mass is 19.1. The Kier molecular flexibility index (Phi) is 6.84. The molecule has 10 nitrogen and oxygen atoms in total. The maximum Gasteiger partial charge on any atom is 0.332 e. The van der Waals surface area contributed by atoms with E-state index in [0.717, 1.165) is 24.0 Å². The summed E-state index contributed by atoms with van der Waals surface area (Å²) in [5.41, 5.74) is 5.58. The Morgan fingerprint density at radius 2 is 1.91 bits per heavy atom. The van der Waals surface area contributed by atoms with E-state index < -0.39 is 17.1 Å². The van der Waals surface area contributed by atoms with E-state index in [4.69, 9.17) is 15.2 Å². The van der Waals surface area contributed by atoms with Gasteiger partial charge in [0.25, 0.3) is 5.56 Å². The number of methoxy groups -OCH3 is 2. The number of hydrogen-bond donors (Lipinski definition) is 1. The maximum atomic E-state index is 14.8. The summed E-state index contributed by atoms with van der Waals surface area (Å²) in [7, 11) is 4.37.